The van der Waals surface area contributed by atoms with Gasteiger partial charge < -0.3 is 14.5 Å². The van der Waals surface area contributed by atoms with Crippen LogP contribution < -0.4 is 15.8 Å². The summed E-state index contributed by atoms with van der Waals surface area (Å²) in [6.07, 6.45) is 1.06. The van der Waals surface area contributed by atoms with E-state index in [9.17, 15) is 4.79 Å². The van der Waals surface area contributed by atoms with Gasteiger partial charge in [0.1, 0.15) is 5.75 Å². The van der Waals surface area contributed by atoms with Crippen molar-refractivity contribution in [3.05, 3.63) is 34.8 Å². The first-order chi connectivity index (χ1) is 9.74. The van der Waals surface area contributed by atoms with Crippen molar-refractivity contribution in [2.24, 2.45) is 0 Å². The zero-order valence-corrected chi connectivity index (χ0v) is 11.8. The normalized spacial score (nSPS) is 10.7. The Kier molecular flexibility index (Phi) is 4.95. The summed E-state index contributed by atoms with van der Waals surface area (Å²) in [7, 11) is 1.60. The smallest absolute Gasteiger partial charge is 0.437 e. The minimum Gasteiger partial charge on any atom is -0.497 e. The molecule has 0 saturated carbocycles. The summed E-state index contributed by atoms with van der Waals surface area (Å²) >= 11 is 0. The number of benzene rings is 1. The second-order valence-electron chi connectivity index (χ2n) is 4.37. The molecule has 0 radical (unpaired) electrons. The lowest BCUT2D eigenvalue weighted by Crippen LogP contribution is -2.25. The van der Waals surface area contributed by atoms with Crippen LogP contribution in [0.15, 0.2) is 33.5 Å². The van der Waals surface area contributed by atoms with Crippen molar-refractivity contribution < 1.29 is 9.15 Å². The van der Waals surface area contributed by atoms with Crippen LogP contribution >= 0.6 is 0 Å². The van der Waals surface area contributed by atoms with E-state index in [-0.39, 0.29) is 0 Å². The Morgan fingerprint density at radius 1 is 1.30 bits per heavy atom. The van der Waals surface area contributed by atoms with Gasteiger partial charge in [-0.05, 0) is 37.2 Å². The molecule has 6 heteroatoms. The van der Waals surface area contributed by atoms with Crippen LogP contribution in [0.2, 0.25) is 0 Å². The monoisotopic (exact) mass is 277 g/mol. The molecule has 0 amide bonds. The van der Waals surface area contributed by atoms with Crippen LogP contribution in [0.1, 0.15) is 13.3 Å². The summed E-state index contributed by atoms with van der Waals surface area (Å²) in [6.45, 7) is 4.22. The number of aromatic nitrogens is 2. The molecular formula is C14H19N3O3. The molecule has 1 N–H and O–H groups in total. The number of rotatable bonds is 7. The van der Waals surface area contributed by atoms with E-state index in [0.29, 0.717) is 19.0 Å². The van der Waals surface area contributed by atoms with E-state index in [1.54, 1.807) is 19.2 Å². The van der Waals surface area contributed by atoms with Crippen LogP contribution in [0.4, 0.5) is 0 Å². The van der Waals surface area contributed by atoms with E-state index in [1.807, 2.05) is 12.1 Å². The van der Waals surface area contributed by atoms with Crippen molar-refractivity contribution in [1.29, 1.82) is 0 Å². The molecule has 1 aromatic heterocycles. The third-order valence-corrected chi connectivity index (χ3v) is 2.87. The molecule has 0 fully saturated rings. The van der Waals surface area contributed by atoms with Gasteiger partial charge >= 0.3 is 5.76 Å². The van der Waals surface area contributed by atoms with E-state index in [1.165, 1.54) is 4.68 Å². The van der Waals surface area contributed by atoms with Gasteiger partial charge in [-0.1, -0.05) is 6.92 Å². The molecule has 0 saturated heterocycles. The number of nitrogens with one attached hydrogen (secondary N) is 1. The van der Waals surface area contributed by atoms with Gasteiger partial charge in [-0.3, -0.25) is 0 Å². The second kappa shape index (κ2) is 6.91. The van der Waals surface area contributed by atoms with Gasteiger partial charge in [0.2, 0.25) is 5.89 Å². The Morgan fingerprint density at radius 2 is 2.05 bits per heavy atom. The molecule has 108 valence electrons. The zero-order valence-electron chi connectivity index (χ0n) is 11.8. The van der Waals surface area contributed by atoms with Gasteiger partial charge in [-0.2, -0.15) is 4.68 Å². The average molecular weight is 277 g/mol. The number of hydrogen-bond acceptors (Lipinski definition) is 5. The van der Waals surface area contributed by atoms with Crippen molar-refractivity contribution in [2.75, 3.05) is 20.2 Å². The SMILES string of the molecule is CCCNCCn1nc(-c2ccc(OC)cc2)oc1=O. The van der Waals surface area contributed by atoms with Crippen LogP contribution in [-0.2, 0) is 6.54 Å². The van der Waals surface area contributed by atoms with Gasteiger partial charge in [-0.25, -0.2) is 4.79 Å². The second-order valence-corrected chi connectivity index (χ2v) is 4.37. The first-order valence-corrected chi connectivity index (χ1v) is 6.67. The standard InChI is InChI=1S/C14H19N3O3/c1-3-8-15-9-10-17-14(18)20-13(16-17)11-4-6-12(19-2)7-5-11/h4-7,15H,3,8-10H2,1-2H3. The minimum atomic E-state index is -0.436. The topological polar surface area (TPSA) is 69.3 Å². The maximum Gasteiger partial charge on any atom is 0.437 e. The maximum absolute atomic E-state index is 11.7. The first-order valence-electron chi connectivity index (χ1n) is 6.67. The van der Waals surface area contributed by atoms with Crippen LogP contribution in [0.5, 0.6) is 5.75 Å². The van der Waals surface area contributed by atoms with Gasteiger partial charge in [0.25, 0.3) is 0 Å². The largest absolute Gasteiger partial charge is 0.497 e. The molecule has 0 spiro atoms. The number of hydrogen-bond donors (Lipinski definition) is 1. The van der Waals surface area contributed by atoms with Crippen molar-refractivity contribution in [3.8, 4) is 17.2 Å². The Balaban J connectivity index is 2.07. The van der Waals surface area contributed by atoms with Crippen LogP contribution in [-0.4, -0.2) is 30.0 Å². The molecule has 0 aliphatic heterocycles. The van der Waals surface area contributed by atoms with Gasteiger partial charge in [0.05, 0.1) is 13.7 Å². The quantitative estimate of drug-likeness (QED) is 0.777. The van der Waals surface area contributed by atoms with Crippen LogP contribution in [0.3, 0.4) is 0 Å². The molecule has 0 bridgehead atoms. The number of ether oxygens (including phenoxy) is 1. The Hall–Kier alpha value is -2.08. The molecule has 6 nitrogen and oxygen atoms in total. The molecule has 1 heterocycles. The van der Waals surface area contributed by atoms with E-state index < -0.39 is 5.76 Å². The van der Waals surface area contributed by atoms with E-state index in [0.717, 1.165) is 24.3 Å². The summed E-state index contributed by atoms with van der Waals surface area (Å²) in [4.78, 5) is 11.7. The molecule has 0 aliphatic rings. The van der Waals surface area contributed by atoms with Gasteiger partial charge in [0.15, 0.2) is 0 Å². The Labute approximate surface area is 117 Å². The highest BCUT2D eigenvalue weighted by Crippen LogP contribution is 2.19. The third kappa shape index (κ3) is 3.48. The first kappa shape index (κ1) is 14.3. The third-order valence-electron chi connectivity index (χ3n) is 2.87. The van der Waals surface area contributed by atoms with Crippen molar-refractivity contribution in [1.82, 2.24) is 15.1 Å². The summed E-state index contributed by atoms with van der Waals surface area (Å²) in [5, 5.41) is 7.41. The summed E-state index contributed by atoms with van der Waals surface area (Å²) in [5.41, 5.74) is 0.753. The Morgan fingerprint density at radius 3 is 2.70 bits per heavy atom. The van der Waals surface area contributed by atoms with E-state index >= 15 is 0 Å². The molecular weight excluding hydrogens is 258 g/mol. The summed E-state index contributed by atoms with van der Waals surface area (Å²) < 4.78 is 11.6. The molecule has 20 heavy (non-hydrogen) atoms. The lowest BCUT2D eigenvalue weighted by molar-refractivity contribution is 0.415. The molecule has 0 unspecified atom stereocenters. The predicted octanol–water partition coefficient (Wildman–Crippen LogP) is 1.51. The maximum atomic E-state index is 11.7. The van der Waals surface area contributed by atoms with Crippen molar-refractivity contribution in [2.45, 2.75) is 19.9 Å². The van der Waals surface area contributed by atoms with Crippen molar-refractivity contribution in [3.63, 3.8) is 0 Å². The fourth-order valence-electron chi connectivity index (χ4n) is 1.78. The fourth-order valence-corrected chi connectivity index (χ4v) is 1.78. The minimum absolute atomic E-state index is 0.327. The van der Waals surface area contributed by atoms with Crippen LogP contribution in [0, 0.1) is 0 Å². The van der Waals surface area contributed by atoms with Crippen LogP contribution in [0.25, 0.3) is 11.5 Å². The molecule has 0 aliphatic carbocycles. The Bertz CT molecular complexity index is 586. The predicted molar refractivity (Wildman–Crippen MR) is 75.9 cm³/mol. The van der Waals surface area contributed by atoms with Crippen molar-refractivity contribution >= 4 is 0 Å². The highest BCUT2D eigenvalue weighted by Gasteiger charge is 2.09. The molecule has 2 aromatic rings. The summed E-state index contributed by atoms with van der Waals surface area (Å²) in [6, 6.07) is 7.22. The molecule has 2 rings (SSSR count). The lowest BCUT2D eigenvalue weighted by atomic mass is 10.2. The summed E-state index contributed by atoms with van der Waals surface area (Å²) in [5.74, 6) is 0.640. The lowest BCUT2D eigenvalue weighted by Gasteiger charge is -2.01. The zero-order chi connectivity index (χ0) is 14.4. The molecule has 0 atom stereocenters. The highest BCUT2D eigenvalue weighted by molar-refractivity contribution is 5.53. The van der Waals surface area contributed by atoms with E-state index in [4.69, 9.17) is 9.15 Å². The highest BCUT2D eigenvalue weighted by atomic mass is 16.5. The van der Waals surface area contributed by atoms with Gasteiger partial charge in [-0.15, -0.1) is 5.10 Å². The van der Waals surface area contributed by atoms with E-state index in [2.05, 4.69) is 17.3 Å². The average Bonchev–Trinajstić information content (AvgIpc) is 2.85. The van der Waals surface area contributed by atoms with Gasteiger partial charge in [0, 0.05) is 12.1 Å². The number of nitrogens with zero attached hydrogens (tertiary/aromatic N) is 2. The fraction of sp³-hybridized carbons (Fsp3) is 0.429. The molecule has 1 aromatic carbocycles. The number of methoxy groups -OCH3 is 1.